The van der Waals surface area contributed by atoms with Crippen molar-refractivity contribution in [1.82, 2.24) is 18.3 Å². The fourth-order valence-corrected chi connectivity index (χ4v) is 7.51. The largest absolute Gasteiger partial charge is 0.406 e. The van der Waals surface area contributed by atoms with Crippen LogP contribution in [-0.2, 0) is 23.1 Å². The van der Waals surface area contributed by atoms with Crippen LogP contribution in [0.1, 0.15) is 37.3 Å². The molecule has 7 nitrogen and oxygen atoms in total. The van der Waals surface area contributed by atoms with Crippen LogP contribution in [-0.4, -0.2) is 59.1 Å². The molecule has 0 atom stereocenters. The summed E-state index contributed by atoms with van der Waals surface area (Å²) < 4.78 is 68.8. The Balaban J connectivity index is 1.17. The number of halogens is 5. The number of fused-ring (bicyclic) bond motifs is 2. The summed E-state index contributed by atoms with van der Waals surface area (Å²) in [7, 11) is -3.49. The van der Waals surface area contributed by atoms with Crippen molar-refractivity contribution in [3.05, 3.63) is 62.5 Å². The Bertz CT molecular complexity index is 1510. The molecule has 3 aromatic rings. The highest BCUT2D eigenvalue weighted by Crippen LogP contribution is 2.33. The molecule has 0 bridgehead atoms. The maximum atomic E-state index is 13.2. The molecule has 0 radical (unpaired) electrons. The highest BCUT2D eigenvalue weighted by Gasteiger charge is 2.35. The van der Waals surface area contributed by atoms with Gasteiger partial charge in [-0.2, -0.15) is 17.5 Å². The quantitative estimate of drug-likeness (QED) is 0.350. The maximum Gasteiger partial charge on any atom is 0.406 e. The molecule has 0 amide bonds. The first kappa shape index (κ1) is 27.5. The van der Waals surface area contributed by atoms with Crippen LogP contribution in [0.4, 0.5) is 13.2 Å². The minimum absolute atomic E-state index is 0.184. The van der Waals surface area contributed by atoms with Gasteiger partial charge in [-0.05, 0) is 74.2 Å². The third-order valence-electron chi connectivity index (χ3n) is 7.30. The Hall–Kier alpha value is -2.05. The zero-order valence-electron chi connectivity index (χ0n) is 20.4. The van der Waals surface area contributed by atoms with Crippen molar-refractivity contribution in [2.75, 3.05) is 26.2 Å². The molecule has 0 N–H and O–H groups in total. The van der Waals surface area contributed by atoms with Crippen molar-refractivity contribution in [2.45, 2.75) is 55.9 Å². The normalized spacial score (nSPS) is 18.9. The van der Waals surface area contributed by atoms with Gasteiger partial charge in [-0.3, -0.25) is 9.13 Å². The van der Waals surface area contributed by atoms with E-state index in [9.17, 15) is 26.4 Å². The Labute approximate surface area is 228 Å². The van der Waals surface area contributed by atoms with E-state index in [2.05, 4.69) is 4.90 Å². The Morgan fingerprint density at radius 1 is 0.921 bits per heavy atom. The second-order valence-corrected chi connectivity index (χ2v) is 12.6. The summed E-state index contributed by atoms with van der Waals surface area (Å²) >= 11 is 12.0. The molecule has 0 spiro atoms. The molecule has 0 saturated carbocycles. The second kappa shape index (κ2) is 10.5. The van der Waals surface area contributed by atoms with Crippen LogP contribution in [0.2, 0.25) is 10.0 Å². The molecular weight excluding hydrogens is 564 g/mol. The summed E-state index contributed by atoms with van der Waals surface area (Å²) in [6.07, 6.45) is -1.77. The second-order valence-electron chi connectivity index (χ2n) is 9.86. The summed E-state index contributed by atoms with van der Waals surface area (Å²) in [5.41, 5.74) is 0.681. The standard InChI is InChI=1S/C25H27Cl2F3N4O3S/c26-18-4-6-23-17(13-18)15-32(38(23,36)37)10-2-1-9-31-11-7-20(8-12-31)34-21-5-3-19(27)14-22(21)33(24(34)35)16-25(28,29)30/h3-6,13-14,20H,1-2,7-12,15-16H2. The zero-order chi connectivity index (χ0) is 27.2. The number of hydrogen-bond donors (Lipinski definition) is 0. The van der Waals surface area contributed by atoms with E-state index in [4.69, 9.17) is 23.2 Å². The third kappa shape index (κ3) is 5.49. The first-order valence-corrected chi connectivity index (χ1v) is 14.6. The van der Waals surface area contributed by atoms with Crippen LogP contribution in [0.25, 0.3) is 11.0 Å². The summed E-state index contributed by atoms with van der Waals surface area (Å²) in [5, 5.41) is 0.787. The smallest absolute Gasteiger partial charge is 0.303 e. The van der Waals surface area contributed by atoms with E-state index >= 15 is 0 Å². The monoisotopic (exact) mass is 590 g/mol. The Morgan fingerprint density at radius 2 is 1.58 bits per heavy atom. The van der Waals surface area contributed by atoms with Crippen molar-refractivity contribution in [2.24, 2.45) is 0 Å². The Morgan fingerprint density at radius 3 is 2.29 bits per heavy atom. The van der Waals surface area contributed by atoms with E-state index in [1.165, 1.54) is 14.9 Å². The summed E-state index contributed by atoms with van der Waals surface area (Å²) in [6.45, 7) is 1.55. The van der Waals surface area contributed by atoms with Crippen LogP contribution in [0.3, 0.4) is 0 Å². The van der Waals surface area contributed by atoms with Gasteiger partial charge in [0.1, 0.15) is 6.54 Å². The number of unbranched alkanes of at least 4 members (excludes halogenated alkanes) is 1. The first-order valence-electron chi connectivity index (χ1n) is 12.4. The molecule has 2 aromatic carbocycles. The number of hydrogen-bond acceptors (Lipinski definition) is 4. The number of aromatic nitrogens is 2. The van der Waals surface area contributed by atoms with E-state index < -0.39 is 28.4 Å². The van der Waals surface area contributed by atoms with Gasteiger partial charge in [-0.1, -0.05) is 23.2 Å². The lowest BCUT2D eigenvalue weighted by Gasteiger charge is -2.32. The van der Waals surface area contributed by atoms with Gasteiger partial charge in [0.15, 0.2) is 0 Å². The predicted octanol–water partition coefficient (Wildman–Crippen LogP) is 5.29. The topological polar surface area (TPSA) is 67.6 Å². The van der Waals surface area contributed by atoms with Crippen molar-refractivity contribution in [3.63, 3.8) is 0 Å². The van der Waals surface area contributed by atoms with E-state index in [1.54, 1.807) is 30.3 Å². The number of rotatable bonds is 7. The third-order valence-corrected chi connectivity index (χ3v) is 9.72. The Kier molecular flexibility index (Phi) is 7.60. The fraction of sp³-hybridized carbons (Fsp3) is 0.480. The van der Waals surface area contributed by atoms with Crippen LogP contribution in [0, 0.1) is 0 Å². The van der Waals surface area contributed by atoms with Gasteiger partial charge in [0.2, 0.25) is 10.0 Å². The number of alkyl halides is 3. The summed E-state index contributed by atoms with van der Waals surface area (Å²) in [4.78, 5) is 15.6. The van der Waals surface area contributed by atoms with Crippen molar-refractivity contribution < 1.29 is 21.6 Å². The number of benzene rings is 2. The van der Waals surface area contributed by atoms with Crippen LogP contribution < -0.4 is 5.69 Å². The number of imidazole rings is 1. The molecule has 2 aliphatic heterocycles. The molecule has 0 aliphatic carbocycles. The van der Waals surface area contributed by atoms with Crippen LogP contribution >= 0.6 is 23.2 Å². The number of piperidine rings is 1. The molecule has 206 valence electrons. The SMILES string of the molecule is O=c1n(CC(F)(F)F)c2cc(Cl)ccc2n1C1CCN(CCCCN2Cc3cc(Cl)ccc3S2(=O)=O)CC1. The molecule has 13 heteroatoms. The van der Waals surface area contributed by atoms with Gasteiger partial charge in [-0.15, -0.1) is 0 Å². The lowest BCUT2D eigenvalue weighted by Crippen LogP contribution is -2.39. The zero-order valence-corrected chi connectivity index (χ0v) is 22.8. The van der Waals surface area contributed by atoms with Gasteiger partial charge in [0, 0.05) is 42.3 Å². The molecule has 3 heterocycles. The van der Waals surface area contributed by atoms with Crippen molar-refractivity contribution in [1.29, 1.82) is 0 Å². The van der Waals surface area contributed by atoms with Crippen LogP contribution in [0.5, 0.6) is 0 Å². The van der Waals surface area contributed by atoms with Gasteiger partial charge >= 0.3 is 11.9 Å². The minimum atomic E-state index is -4.53. The molecule has 1 fully saturated rings. The van der Waals surface area contributed by atoms with E-state index in [1.807, 2.05) is 0 Å². The highest BCUT2D eigenvalue weighted by atomic mass is 35.5. The molecule has 1 aromatic heterocycles. The summed E-state index contributed by atoms with van der Waals surface area (Å²) in [6, 6.07) is 9.22. The molecule has 1 saturated heterocycles. The average molecular weight is 591 g/mol. The summed E-state index contributed by atoms with van der Waals surface area (Å²) in [5.74, 6) is 0. The molecular formula is C25H27Cl2F3N4O3S. The van der Waals surface area contributed by atoms with E-state index in [0.29, 0.717) is 66.4 Å². The van der Waals surface area contributed by atoms with Crippen molar-refractivity contribution >= 4 is 44.3 Å². The van der Waals surface area contributed by atoms with Gasteiger partial charge < -0.3 is 4.90 Å². The van der Waals surface area contributed by atoms with Crippen molar-refractivity contribution in [3.8, 4) is 0 Å². The number of nitrogens with zero attached hydrogens (tertiary/aromatic N) is 4. The number of likely N-dealkylation sites (tertiary alicyclic amines) is 1. The molecule has 0 unspecified atom stereocenters. The maximum absolute atomic E-state index is 13.2. The fourth-order valence-electron chi connectivity index (χ4n) is 5.50. The van der Waals surface area contributed by atoms with E-state index in [-0.39, 0.29) is 16.6 Å². The van der Waals surface area contributed by atoms with Gasteiger partial charge in [0.25, 0.3) is 0 Å². The van der Waals surface area contributed by atoms with Crippen LogP contribution in [0.15, 0.2) is 46.1 Å². The lowest BCUT2D eigenvalue weighted by molar-refractivity contribution is -0.140. The molecule has 2 aliphatic rings. The first-order chi connectivity index (χ1) is 17.9. The van der Waals surface area contributed by atoms with E-state index in [0.717, 1.165) is 17.5 Å². The van der Waals surface area contributed by atoms with Gasteiger partial charge in [-0.25, -0.2) is 13.2 Å². The predicted molar refractivity (Wildman–Crippen MR) is 140 cm³/mol. The molecule has 38 heavy (non-hydrogen) atoms. The average Bonchev–Trinajstić information content (AvgIpc) is 3.25. The lowest BCUT2D eigenvalue weighted by atomic mass is 10.0. The van der Waals surface area contributed by atoms with Gasteiger partial charge in [0.05, 0.1) is 15.9 Å². The minimum Gasteiger partial charge on any atom is -0.303 e. The highest BCUT2D eigenvalue weighted by molar-refractivity contribution is 7.89. The number of sulfonamides is 1. The molecule has 5 rings (SSSR count).